The van der Waals surface area contributed by atoms with Gasteiger partial charge in [-0.3, -0.25) is 19.9 Å². The maximum Gasteiger partial charge on any atom is 0.296 e. The molecule has 2 aliphatic rings. The van der Waals surface area contributed by atoms with Crippen LogP contribution in [0.1, 0.15) is 18.5 Å². The first-order valence-corrected chi connectivity index (χ1v) is 7.33. The van der Waals surface area contributed by atoms with Crippen LogP contribution in [0, 0.1) is 5.92 Å². The van der Waals surface area contributed by atoms with Gasteiger partial charge < -0.3 is 5.32 Å². The lowest BCUT2D eigenvalue weighted by atomic mass is 10.2. The molecule has 4 rings (SSSR count). The van der Waals surface area contributed by atoms with Crippen LogP contribution in [0.15, 0.2) is 41.2 Å². The molecule has 1 aliphatic heterocycles. The minimum absolute atomic E-state index is 0.0530. The Labute approximate surface area is 131 Å². The minimum atomic E-state index is -0.427. The summed E-state index contributed by atoms with van der Waals surface area (Å²) >= 11 is 0. The van der Waals surface area contributed by atoms with Crippen LogP contribution in [0.4, 0.5) is 0 Å². The summed E-state index contributed by atoms with van der Waals surface area (Å²) in [6.07, 6.45) is 5.09. The highest BCUT2D eigenvalue weighted by molar-refractivity contribution is 6.15. The zero-order valence-corrected chi connectivity index (χ0v) is 12.1. The Bertz CT molecular complexity index is 883. The van der Waals surface area contributed by atoms with Gasteiger partial charge in [0.25, 0.3) is 5.91 Å². The number of pyridine rings is 2. The Morgan fingerprint density at radius 2 is 2.13 bits per heavy atom. The largest absolute Gasteiger partial charge is 0.321 e. The molecule has 0 bridgehead atoms. The highest BCUT2D eigenvalue weighted by atomic mass is 16.2. The van der Waals surface area contributed by atoms with Gasteiger partial charge in [0.1, 0.15) is 5.70 Å². The molecule has 1 saturated carbocycles. The Morgan fingerprint density at radius 1 is 1.26 bits per heavy atom. The third kappa shape index (κ3) is 2.80. The van der Waals surface area contributed by atoms with Crippen LogP contribution in [0.25, 0.3) is 17.1 Å². The smallest absolute Gasteiger partial charge is 0.296 e. The molecule has 3 heterocycles. The van der Waals surface area contributed by atoms with Gasteiger partial charge in [-0.05, 0) is 43.2 Å². The summed E-state index contributed by atoms with van der Waals surface area (Å²) in [6.45, 7) is 0. The second-order valence-electron chi connectivity index (χ2n) is 5.49. The van der Waals surface area contributed by atoms with E-state index in [4.69, 9.17) is 0 Å². The van der Waals surface area contributed by atoms with E-state index in [-0.39, 0.29) is 23.5 Å². The average Bonchev–Trinajstić information content (AvgIpc) is 3.34. The van der Waals surface area contributed by atoms with Gasteiger partial charge in [-0.15, -0.1) is 0 Å². The molecule has 2 N–H and O–H groups in total. The van der Waals surface area contributed by atoms with Crippen LogP contribution in [-0.4, -0.2) is 27.7 Å². The molecule has 2 aromatic rings. The van der Waals surface area contributed by atoms with Crippen LogP contribution in [-0.2, 0) is 9.59 Å². The van der Waals surface area contributed by atoms with Gasteiger partial charge in [-0.25, -0.2) is 4.98 Å². The van der Waals surface area contributed by atoms with Crippen molar-refractivity contribution in [3.8, 4) is 0 Å². The van der Waals surface area contributed by atoms with Gasteiger partial charge in [0.05, 0.1) is 16.7 Å². The molecular formula is C16H13N5O2. The number of nitrogens with zero attached hydrogens (tertiary/aromatic N) is 3. The monoisotopic (exact) mass is 307 g/mol. The van der Waals surface area contributed by atoms with Crippen molar-refractivity contribution in [3.63, 3.8) is 0 Å². The van der Waals surface area contributed by atoms with E-state index in [2.05, 4.69) is 25.6 Å². The SMILES string of the molecule is O=C1N=C(NC(=O)C2CC2)N/C1=C\c1ccc2ncccc2n1. The predicted molar refractivity (Wildman–Crippen MR) is 84.0 cm³/mol. The summed E-state index contributed by atoms with van der Waals surface area (Å²) in [4.78, 5) is 36.0. The number of carbonyl (C=O) groups excluding carboxylic acids is 2. The molecule has 7 nitrogen and oxygen atoms in total. The number of fused-ring (bicyclic) bond motifs is 1. The third-order valence-electron chi connectivity index (χ3n) is 3.66. The first kappa shape index (κ1) is 13.6. The summed E-state index contributed by atoms with van der Waals surface area (Å²) in [5, 5.41) is 5.45. The van der Waals surface area contributed by atoms with E-state index in [1.165, 1.54) is 0 Å². The van der Waals surface area contributed by atoms with Crippen molar-refractivity contribution in [1.29, 1.82) is 0 Å². The molecule has 1 aliphatic carbocycles. The molecule has 0 radical (unpaired) electrons. The molecule has 0 unspecified atom stereocenters. The van der Waals surface area contributed by atoms with Gasteiger partial charge in [0.2, 0.25) is 11.9 Å². The molecular weight excluding hydrogens is 294 g/mol. The van der Waals surface area contributed by atoms with Gasteiger partial charge in [-0.2, -0.15) is 4.99 Å². The zero-order valence-electron chi connectivity index (χ0n) is 12.1. The second kappa shape index (κ2) is 5.28. The van der Waals surface area contributed by atoms with Crippen molar-refractivity contribution in [3.05, 3.63) is 41.9 Å². The zero-order chi connectivity index (χ0) is 15.8. The van der Waals surface area contributed by atoms with Gasteiger partial charge in [-0.1, -0.05) is 0 Å². The number of guanidine groups is 1. The van der Waals surface area contributed by atoms with Crippen molar-refractivity contribution >= 4 is 34.9 Å². The van der Waals surface area contributed by atoms with Gasteiger partial charge in [0.15, 0.2) is 0 Å². The fourth-order valence-corrected chi connectivity index (χ4v) is 2.29. The number of amides is 2. The van der Waals surface area contributed by atoms with Gasteiger partial charge >= 0.3 is 0 Å². The molecule has 0 spiro atoms. The molecule has 7 heteroatoms. The number of aliphatic imine (C=N–C) groups is 1. The van der Waals surface area contributed by atoms with Crippen LogP contribution in [0.2, 0.25) is 0 Å². The summed E-state index contributed by atoms with van der Waals surface area (Å²) < 4.78 is 0. The fraction of sp³-hybridized carbons (Fsp3) is 0.188. The minimum Gasteiger partial charge on any atom is -0.321 e. The van der Waals surface area contributed by atoms with E-state index in [1.54, 1.807) is 24.4 Å². The van der Waals surface area contributed by atoms with Crippen LogP contribution in [0.3, 0.4) is 0 Å². The summed E-state index contributed by atoms with van der Waals surface area (Å²) in [6, 6.07) is 7.27. The van der Waals surface area contributed by atoms with E-state index >= 15 is 0 Å². The lowest BCUT2D eigenvalue weighted by molar-refractivity contribution is -0.120. The molecule has 1 fully saturated rings. The average molecular weight is 307 g/mol. The summed E-state index contributed by atoms with van der Waals surface area (Å²) in [5.41, 5.74) is 2.43. The lowest BCUT2D eigenvalue weighted by Gasteiger charge is -2.04. The molecule has 0 atom stereocenters. The van der Waals surface area contributed by atoms with E-state index < -0.39 is 5.91 Å². The van der Waals surface area contributed by atoms with E-state index in [9.17, 15) is 9.59 Å². The van der Waals surface area contributed by atoms with Crippen molar-refractivity contribution in [2.75, 3.05) is 0 Å². The standard InChI is InChI=1S/C16H13N5O2/c22-14(9-3-4-9)20-16-19-13(15(23)21-16)8-10-5-6-11-12(18-10)2-1-7-17-11/h1-2,5-9H,3-4H2,(H2,19,20,21,22,23)/b13-8-. The van der Waals surface area contributed by atoms with E-state index in [1.807, 2.05) is 12.1 Å². The summed E-state index contributed by atoms with van der Waals surface area (Å²) in [5.74, 6) is -0.290. The summed E-state index contributed by atoms with van der Waals surface area (Å²) in [7, 11) is 0. The number of hydrogen-bond donors (Lipinski definition) is 2. The van der Waals surface area contributed by atoms with Crippen LogP contribution in [0.5, 0.6) is 0 Å². The number of hydrogen-bond acceptors (Lipinski definition) is 5. The van der Waals surface area contributed by atoms with E-state index in [0.29, 0.717) is 5.69 Å². The number of nitrogens with one attached hydrogen (secondary N) is 2. The lowest BCUT2D eigenvalue weighted by Crippen LogP contribution is -2.38. The van der Waals surface area contributed by atoms with Gasteiger partial charge in [0, 0.05) is 12.1 Å². The highest BCUT2D eigenvalue weighted by Gasteiger charge is 2.31. The fourth-order valence-electron chi connectivity index (χ4n) is 2.29. The Morgan fingerprint density at radius 3 is 2.96 bits per heavy atom. The Kier molecular flexibility index (Phi) is 3.11. The Hall–Kier alpha value is -3.09. The molecule has 0 aromatic carbocycles. The molecule has 0 saturated heterocycles. The predicted octanol–water partition coefficient (Wildman–Crippen LogP) is 0.983. The molecule has 114 valence electrons. The van der Waals surface area contributed by atoms with Crippen molar-refractivity contribution in [2.45, 2.75) is 12.8 Å². The van der Waals surface area contributed by atoms with Crippen molar-refractivity contribution in [2.24, 2.45) is 10.9 Å². The third-order valence-corrected chi connectivity index (χ3v) is 3.66. The van der Waals surface area contributed by atoms with Crippen LogP contribution < -0.4 is 10.6 Å². The van der Waals surface area contributed by atoms with Crippen LogP contribution >= 0.6 is 0 Å². The van der Waals surface area contributed by atoms with Crippen molar-refractivity contribution < 1.29 is 9.59 Å². The van der Waals surface area contributed by atoms with Crippen molar-refractivity contribution in [1.82, 2.24) is 20.6 Å². The quantitative estimate of drug-likeness (QED) is 0.806. The first-order valence-electron chi connectivity index (χ1n) is 7.33. The first-order chi connectivity index (χ1) is 11.2. The Balaban J connectivity index is 1.54. The molecule has 23 heavy (non-hydrogen) atoms. The second-order valence-corrected chi connectivity index (χ2v) is 5.49. The highest BCUT2D eigenvalue weighted by Crippen LogP contribution is 2.28. The molecule has 2 aromatic heterocycles. The maximum atomic E-state index is 11.9. The normalized spacial score (nSPS) is 18.9. The maximum absolute atomic E-state index is 11.9. The molecule has 2 amide bonds. The number of rotatable bonds is 2. The topological polar surface area (TPSA) is 96.3 Å². The number of carbonyl (C=O) groups is 2. The number of aromatic nitrogens is 2. The van der Waals surface area contributed by atoms with E-state index in [0.717, 1.165) is 23.9 Å².